The summed E-state index contributed by atoms with van der Waals surface area (Å²) in [6.07, 6.45) is 4.96. The van der Waals surface area contributed by atoms with Crippen molar-refractivity contribution in [1.82, 2.24) is 0 Å². The molecule has 0 aromatic heterocycles. The van der Waals surface area contributed by atoms with Crippen LogP contribution in [0.1, 0.15) is 31.7 Å². The van der Waals surface area contributed by atoms with Gasteiger partial charge in [0.05, 0.1) is 0 Å². The summed E-state index contributed by atoms with van der Waals surface area (Å²) in [5, 5.41) is 0.721. The Hall–Kier alpha value is -1.47. The van der Waals surface area contributed by atoms with Crippen LogP contribution in [0.15, 0.2) is 48.5 Å². The van der Waals surface area contributed by atoms with Gasteiger partial charge >= 0.3 is 0 Å². The molecule has 0 heterocycles. The number of ether oxygens (including phenoxy) is 1. The van der Waals surface area contributed by atoms with E-state index in [1.807, 2.05) is 36.4 Å². The zero-order chi connectivity index (χ0) is 13.5. The number of rotatable bonds is 6. The molecule has 0 saturated heterocycles. The molecular weight excluding hydrogens is 256 g/mol. The van der Waals surface area contributed by atoms with Crippen LogP contribution in [0, 0.1) is 0 Å². The van der Waals surface area contributed by atoms with E-state index in [0.29, 0.717) is 0 Å². The number of aryl methyl sites for hydroxylation is 1. The molecular formula is C17H19ClO. The molecule has 0 amide bonds. The monoisotopic (exact) mass is 274 g/mol. The third kappa shape index (κ3) is 4.60. The SMILES string of the molecule is CCCCCc1ccc(Oc2ccc(Cl)cc2)cc1. The molecule has 0 N–H and O–H groups in total. The highest BCUT2D eigenvalue weighted by molar-refractivity contribution is 6.30. The van der Waals surface area contributed by atoms with Gasteiger partial charge < -0.3 is 4.74 Å². The van der Waals surface area contributed by atoms with Crippen LogP contribution in [-0.4, -0.2) is 0 Å². The molecule has 0 aliphatic rings. The van der Waals surface area contributed by atoms with E-state index in [4.69, 9.17) is 16.3 Å². The Balaban J connectivity index is 1.92. The number of halogens is 1. The molecule has 0 radical (unpaired) electrons. The molecule has 0 aliphatic heterocycles. The number of benzene rings is 2. The maximum Gasteiger partial charge on any atom is 0.127 e. The van der Waals surface area contributed by atoms with Crippen molar-refractivity contribution >= 4 is 11.6 Å². The molecule has 2 heteroatoms. The van der Waals surface area contributed by atoms with Crippen LogP contribution >= 0.6 is 11.6 Å². The average molecular weight is 275 g/mol. The lowest BCUT2D eigenvalue weighted by Gasteiger charge is -2.07. The first-order valence-electron chi connectivity index (χ1n) is 6.80. The molecule has 0 bridgehead atoms. The van der Waals surface area contributed by atoms with Crippen molar-refractivity contribution in [2.75, 3.05) is 0 Å². The molecule has 0 saturated carbocycles. The normalized spacial score (nSPS) is 10.4. The van der Waals surface area contributed by atoms with Crippen LogP contribution in [-0.2, 0) is 6.42 Å². The second-order valence-electron chi connectivity index (χ2n) is 4.66. The van der Waals surface area contributed by atoms with Crippen LogP contribution in [0.25, 0.3) is 0 Å². The van der Waals surface area contributed by atoms with E-state index >= 15 is 0 Å². The number of unbranched alkanes of at least 4 members (excludes halogenated alkanes) is 2. The van der Waals surface area contributed by atoms with E-state index in [1.165, 1.54) is 24.8 Å². The minimum Gasteiger partial charge on any atom is -0.457 e. The van der Waals surface area contributed by atoms with Crippen molar-refractivity contribution in [2.24, 2.45) is 0 Å². The standard InChI is InChI=1S/C17H19ClO/c1-2-3-4-5-14-6-10-16(11-7-14)19-17-12-8-15(18)9-13-17/h6-13H,2-5H2,1H3. The van der Waals surface area contributed by atoms with Gasteiger partial charge in [-0.05, 0) is 54.8 Å². The minimum absolute atomic E-state index is 0.721. The van der Waals surface area contributed by atoms with Crippen LogP contribution in [0.3, 0.4) is 0 Å². The van der Waals surface area contributed by atoms with E-state index in [2.05, 4.69) is 19.1 Å². The molecule has 0 atom stereocenters. The van der Waals surface area contributed by atoms with Gasteiger partial charge in [-0.3, -0.25) is 0 Å². The summed E-state index contributed by atoms with van der Waals surface area (Å²) >= 11 is 5.84. The van der Waals surface area contributed by atoms with Crippen LogP contribution in [0.5, 0.6) is 11.5 Å². The molecule has 2 rings (SSSR count). The summed E-state index contributed by atoms with van der Waals surface area (Å²) < 4.78 is 5.76. The highest BCUT2D eigenvalue weighted by Gasteiger charge is 1.98. The van der Waals surface area contributed by atoms with Crippen molar-refractivity contribution in [3.05, 3.63) is 59.1 Å². The molecule has 0 aliphatic carbocycles. The van der Waals surface area contributed by atoms with Crippen molar-refractivity contribution in [3.8, 4) is 11.5 Å². The Morgan fingerprint density at radius 2 is 1.42 bits per heavy atom. The van der Waals surface area contributed by atoms with E-state index < -0.39 is 0 Å². The van der Waals surface area contributed by atoms with Crippen molar-refractivity contribution < 1.29 is 4.74 Å². The Morgan fingerprint density at radius 1 is 0.842 bits per heavy atom. The van der Waals surface area contributed by atoms with Crippen LogP contribution in [0.2, 0.25) is 5.02 Å². The zero-order valence-electron chi connectivity index (χ0n) is 11.2. The van der Waals surface area contributed by atoms with Gasteiger partial charge in [0.2, 0.25) is 0 Å². The second-order valence-corrected chi connectivity index (χ2v) is 5.09. The van der Waals surface area contributed by atoms with Gasteiger partial charge in [0.1, 0.15) is 11.5 Å². The molecule has 1 nitrogen and oxygen atoms in total. The smallest absolute Gasteiger partial charge is 0.127 e. The van der Waals surface area contributed by atoms with Crippen LogP contribution < -0.4 is 4.74 Å². The molecule has 0 fully saturated rings. The minimum atomic E-state index is 0.721. The van der Waals surface area contributed by atoms with Gasteiger partial charge in [0.25, 0.3) is 0 Å². The van der Waals surface area contributed by atoms with Gasteiger partial charge in [-0.25, -0.2) is 0 Å². The highest BCUT2D eigenvalue weighted by atomic mass is 35.5. The first-order valence-corrected chi connectivity index (χ1v) is 7.18. The summed E-state index contributed by atoms with van der Waals surface area (Å²) in [5.74, 6) is 1.67. The summed E-state index contributed by atoms with van der Waals surface area (Å²) in [5.41, 5.74) is 1.37. The molecule has 0 unspecified atom stereocenters. The first-order chi connectivity index (χ1) is 9.28. The predicted molar refractivity (Wildman–Crippen MR) is 81.2 cm³/mol. The Bertz CT molecular complexity index is 488. The lowest BCUT2D eigenvalue weighted by atomic mass is 10.1. The molecule has 0 spiro atoms. The highest BCUT2D eigenvalue weighted by Crippen LogP contribution is 2.23. The van der Waals surface area contributed by atoms with Crippen LogP contribution in [0.4, 0.5) is 0 Å². The van der Waals surface area contributed by atoms with Gasteiger partial charge in [0.15, 0.2) is 0 Å². The van der Waals surface area contributed by atoms with Gasteiger partial charge in [0, 0.05) is 5.02 Å². The lowest BCUT2D eigenvalue weighted by molar-refractivity contribution is 0.482. The Morgan fingerprint density at radius 3 is 2.00 bits per heavy atom. The Kier molecular flexibility index (Phi) is 5.29. The summed E-state index contributed by atoms with van der Waals surface area (Å²) in [6, 6.07) is 15.7. The first kappa shape index (κ1) is 14.0. The molecule has 100 valence electrons. The molecule has 2 aromatic rings. The van der Waals surface area contributed by atoms with Crippen molar-refractivity contribution in [2.45, 2.75) is 32.6 Å². The second kappa shape index (κ2) is 7.20. The van der Waals surface area contributed by atoms with E-state index in [-0.39, 0.29) is 0 Å². The number of hydrogen-bond donors (Lipinski definition) is 0. The van der Waals surface area contributed by atoms with Crippen molar-refractivity contribution in [1.29, 1.82) is 0 Å². The maximum atomic E-state index is 5.84. The fraction of sp³-hybridized carbons (Fsp3) is 0.294. The third-order valence-electron chi connectivity index (χ3n) is 3.04. The summed E-state index contributed by atoms with van der Waals surface area (Å²) in [4.78, 5) is 0. The largest absolute Gasteiger partial charge is 0.457 e. The van der Waals surface area contributed by atoms with Gasteiger partial charge in [-0.2, -0.15) is 0 Å². The van der Waals surface area contributed by atoms with E-state index in [0.717, 1.165) is 22.9 Å². The molecule has 2 aromatic carbocycles. The average Bonchev–Trinajstić information content (AvgIpc) is 2.44. The van der Waals surface area contributed by atoms with E-state index in [9.17, 15) is 0 Å². The quantitative estimate of drug-likeness (QED) is 0.599. The van der Waals surface area contributed by atoms with Gasteiger partial charge in [-0.15, -0.1) is 0 Å². The number of hydrogen-bond acceptors (Lipinski definition) is 1. The predicted octanol–water partition coefficient (Wildman–Crippen LogP) is 5.87. The van der Waals surface area contributed by atoms with Crippen molar-refractivity contribution in [3.63, 3.8) is 0 Å². The zero-order valence-corrected chi connectivity index (χ0v) is 12.0. The molecule has 19 heavy (non-hydrogen) atoms. The lowest BCUT2D eigenvalue weighted by Crippen LogP contribution is -1.87. The Labute approximate surface area is 120 Å². The topological polar surface area (TPSA) is 9.23 Å². The maximum absolute atomic E-state index is 5.84. The van der Waals surface area contributed by atoms with Gasteiger partial charge in [-0.1, -0.05) is 43.5 Å². The summed E-state index contributed by atoms with van der Waals surface area (Å²) in [7, 11) is 0. The fourth-order valence-electron chi connectivity index (χ4n) is 1.94. The fourth-order valence-corrected chi connectivity index (χ4v) is 2.07. The third-order valence-corrected chi connectivity index (χ3v) is 3.29. The summed E-state index contributed by atoms with van der Waals surface area (Å²) in [6.45, 7) is 2.23. The van der Waals surface area contributed by atoms with E-state index in [1.54, 1.807) is 0 Å².